The molecule has 0 radical (unpaired) electrons. The number of aromatic nitrogens is 1. The number of carbonyl (C=O) groups excluding carboxylic acids is 2. The molecule has 40 heavy (non-hydrogen) atoms. The number of benzene rings is 2. The van der Waals surface area contributed by atoms with Gasteiger partial charge in [0.1, 0.15) is 5.82 Å². The van der Waals surface area contributed by atoms with Crippen molar-refractivity contribution in [2.24, 2.45) is 17.6 Å². The highest BCUT2D eigenvalue weighted by atomic mass is 19.1. The SMILES string of the molecule is CN(C(=O)C1CC1)C1CCC(CC(=O)Nc2cnc(-c3ccc(C(C)(C)N)c(F)c3)c(-c3ccccc3)c2)CC1. The minimum Gasteiger partial charge on any atom is -0.343 e. The zero-order chi connectivity index (χ0) is 28.4. The predicted octanol–water partition coefficient (Wildman–Crippen LogP) is 6.50. The second kappa shape index (κ2) is 11.5. The van der Waals surface area contributed by atoms with Crippen LogP contribution in [0.1, 0.15) is 64.4 Å². The lowest BCUT2D eigenvalue weighted by atomic mass is 9.83. The van der Waals surface area contributed by atoms with Gasteiger partial charge in [-0.3, -0.25) is 14.6 Å². The molecule has 0 saturated heterocycles. The maximum atomic E-state index is 15.0. The van der Waals surface area contributed by atoms with Crippen LogP contribution in [0.3, 0.4) is 0 Å². The summed E-state index contributed by atoms with van der Waals surface area (Å²) in [5, 5.41) is 3.04. The molecule has 0 atom stereocenters. The summed E-state index contributed by atoms with van der Waals surface area (Å²) >= 11 is 0. The van der Waals surface area contributed by atoms with Crippen LogP contribution < -0.4 is 11.1 Å². The third-order valence-electron chi connectivity index (χ3n) is 8.31. The van der Waals surface area contributed by atoms with Crippen LogP contribution in [0.25, 0.3) is 22.4 Å². The molecule has 6 nitrogen and oxygen atoms in total. The molecule has 3 aromatic rings. The van der Waals surface area contributed by atoms with Crippen molar-refractivity contribution in [3.05, 3.63) is 72.2 Å². The highest BCUT2D eigenvalue weighted by Crippen LogP contribution is 2.36. The van der Waals surface area contributed by atoms with Crippen LogP contribution in [-0.4, -0.2) is 34.8 Å². The summed E-state index contributed by atoms with van der Waals surface area (Å²) in [5.74, 6) is 0.412. The number of nitrogens with two attached hydrogens (primary N) is 1. The largest absolute Gasteiger partial charge is 0.343 e. The van der Waals surface area contributed by atoms with Gasteiger partial charge >= 0.3 is 0 Å². The van der Waals surface area contributed by atoms with Gasteiger partial charge in [0.15, 0.2) is 0 Å². The second-order valence-corrected chi connectivity index (χ2v) is 12.1. The predicted molar refractivity (Wildman–Crippen MR) is 157 cm³/mol. The average Bonchev–Trinajstić information content (AvgIpc) is 3.78. The Balaban J connectivity index is 1.28. The first-order valence-electron chi connectivity index (χ1n) is 14.3. The topological polar surface area (TPSA) is 88.3 Å². The Morgan fingerprint density at radius 2 is 1.70 bits per heavy atom. The Kier molecular flexibility index (Phi) is 8.04. The van der Waals surface area contributed by atoms with Gasteiger partial charge in [0, 0.05) is 47.7 Å². The average molecular weight is 543 g/mol. The van der Waals surface area contributed by atoms with Gasteiger partial charge in [-0.2, -0.15) is 0 Å². The summed E-state index contributed by atoms with van der Waals surface area (Å²) in [7, 11) is 1.93. The standard InChI is InChI=1S/C33H39FN4O2/c1-33(2,35)28-16-13-24(18-29(28)34)31-27(22-7-5-4-6-8-22)19-25(20-36-31)37-30(39)17-21-9-14-26(15-10-21)38(3)32(40)23-11-12-23/h4-8,13,16,18-21,23,26H,9-12,14-15,17,35H2,1-3H3,(H,37,39). The van der Waals surface area contributed by atoms with Gasteiger partial charge in [0.05, 0.1) is 17.6 Å². The zero-order valence-electron chi connectivity index (χ0n) is 23.6. The van der Waals surface area contributed by atoms with E-state index < -0.39 is 5.54 Å². The first-order chi connectivity index (χ1) is 19.1. The van der Waals surface area contributed by atoms with Gasteiger partial charge in [-0.05, 0) is 76.0 Å². The Morgan fingerprint density at radius 3 is 2.33 bits per heavy atom. The molecule has 2 fully saturated rings. The maximum Gasteiger partial charge on any atom is 0.225 e. The van der Waals surface area contributed by atoms with Crippen molar-refractivity contribution in [3.63, 3.8) is 0 Å². The highest BCUT2D eigenvalue weighted by molar-refractivity contribution is 5.93. The van der Waals surface area contributed by atoms with E-state index in [1.54, 1.807) is 26.1 Å². The van der Waals surface area contributed by atoms with E-state index in [2.05, 4.69) is 10.3 Å². The van der Waals surface area contributed by atoms with Gasteiger partial charge in [0.25, 0.3) is 0 Å². The normalized spacial score (nSPS) is 19.2. The Hall–Kier alpha value is -3.58. The van der Waals surface area contributed by atoms with E-state index in [4.69, 9.17) is 5.73 Å². The number of nitrogens with one attached hydrogen (secondary N) is 1. The first kappa shape index (κ1) is 28.0. The summed E-state index contributed by atoms with van der Waals surface area (Å²) < 4.78 is 15.0. The van der Waals surface area contributed by atoms with Gasteiger partial charge in [0.2, 0.25) is 11.8 Å². The molecule has 5 rings (SSSR count). The number of hydrogen-bond acceptors (Lipinski definition) is 4. The van der Waals surface area contributed by atoms with Crippen LogP contribution in [0.15, 0.2) is 60.8 Å². The molecular formula is C33H39FN4O2. The fourth-order valence-electron chi connectivity index (χ4n) is 5.79. The van der Waals surface area contributed by atoms with E-state index in [0.717, 1.165) is 49.7 Å². The first-order valence-corrected chi connectivity index (χ1v) is 14.3. The van der Waals surface area contributed by atoms with Crippen molar-refractivity contribution in [2.75, 3.05) is 12.4 Å². The lowest BCUT2D eigenvalue weighted by Crippen LogP contribution is -2.40. The number of pyridine rings is 1. The van der Waals surface area contributed by atoms with Gasteiger partial charge in [-0.15, -0.1) is 0 Å². The molecule has 0 bridgehead atoms. The van der Waals surface area contributed by atoms with E-state index in [9.17, 15) is 9.59 Å². The third kappa shape index (κ3) is 6.41. The number of halogens is 1. The van der Waals surface area contributed by atoms with E-state index >= 15 is 4.39 Å². The summed E-state index contributed by atoms with van der Waals surface area (Å²) in [5.41, 5.74) is 9.39. The van der Waals surface area contributed by atoms with Gasteiger partial charge < -0.3 is 16.0 Å². The van der Waals surface area contributed by atoms with Crippen molar-refractivity contribution in [1.29, 1.82) is 0 Å². The van der Waals surface area contributed by atoms with Crippen molar-refractivity contribution in [1.82, 2.24) is 9.88 Å². The summed E-state index contributed by atoms with van der Waals surface area (Å²) in [6.45, 7) is 3.55. The van der Waals surface area contributed by atoms with Crippen LogP contribution >= 0.6 is 0 Å². The fourth-order valence-corrected chi connectivity index (χ4v) is 5.79. The van der Waals surface area contributed by atoms with Crippen LogP contribution in [0.5, 0.6) is 0 Å². The molecule has 2 saturated carbocycles. The van der Waals surface area contributed by atoms with Crippen LogP contribution in [0.2, 0.25) is 0 Å². The summed E-state index contributed by atoms with van der Waals surface area (Å²) in [6, 6.07) is 17.0. The quantitative estimate of drug-likeness (QED) is 0.340. The number of amides is 2. The van der Waals surface area contributed by atoms with E-state index in [1.165, 1.54) is 6.07 Å². The molecule has 0 unspecified atom stereocenters. The number of hydrogen-bond donors (Lipinski definition) is 2. The summed E-state index contributed by atoms with van der Waals surface area (Å²) in [4.78, 5) is 32.1. The van der Waals surface area contributed by atoms with Crippen LogP contribution in [-0.2, 0) is 15.1 Å². The van der Waals surface area contributed by atoms with Crippen molar-refractivity contribution < 1.29 is 14.0 Å². The number of nitrogens with zero attached hydrogens (tertiary/aromatic N) is 2. The molecule has 2 aliphatic rings. The lowest BCUT2D eigenvalue weighted by Gasteiger charge is -2.34. The monoisotopic (exact) mass is 542 g/mol. The number of rotatable bonds is 8. The van der Waals surface area contributed by atoms with Gasteiger partial charge in [-0.1, -0.05) is 42.5 Å². The van der Waals surface area contributed by atoms with Crippen molar-refractivity contribution in [3.8, 4) is 22.4 Å². The Morgan fingerprint density at radius 1 is 1.00 bits per heavy atom. The van der Waals surface area contributed by atoms with E-state index in [0.29, 0.717) is 34.8 Å². The Bertz CT molecular complexity index is 1370. The molecule has 210 valence electrons. The Labute approximate surface area is 236 Å². The molecule has 3 N–H and O–H groups in total. The maximum absolute atomic E-state index is 15.0. The lowest BCUT2D eigenvalue weighted by molar-refractivity contribution is -0.134. The minimum absolute atomic E-state index is 0.0417. The molecule has 2 aromatic carbocycles. The summed E-state index contributed by atoms with van der Waals surface area (Å²) in [6.07, 6.45) is 7.88. The van der Waals surface area contributed by atoms with Crippen LogP contribution in [0, 0.1) is 17.7 Å². The molecule has 1 heterocycles. The zero-order valence-corrected chi connectivity index (χ0v) is 23.6. The molecule has 0 aliphatic heterocycles. The molecular weight excluding hydrogens is 503 g/mol. The van der Waals surface area contributed by atoms with Crippen molar-refractivity contribution in [2.45, 2.75) is 70.4 Å². The molecule has 2 amide bonds. The molecule has 7 heteroatoms. The van der Waals surface area contributed by atoms with Crippen LogP contribution in [0.4, 0.5) is 10.1 Å². The fraction of sp³-hybridized carbons (Fsp3) is 0.424. The van der Waals surface area contributed by atoms with Gasteiger partial charge in [-0.25, -0.2) is 4.39 Å². The molecule has 0 spiro atoms. The minimum atomic E-state index is -0.796. The van der Waals surface area contributed by atoms with Crippen molar-refractivity contribution >= 4 is 17.5 Å². The number of carbonyl (C=O) groups is 2. The smallest absolute Gasteiger partial charge is 0.225 e. The van der Waals surface area contributed by atoms with E-state index in [1.807, 2.05) is 54.4 Å². The molecule has 2 aliphatic carbocycles. The number of anilines is 1. The van der Waals surface area contributed by atoms with E-state index in [-0.39, 0.29) is 29.6 Å². The highest BCUT2D eigenvalue weighted by Gasteiger charge is 2.36. The molecule has 1 aromatic heterocycles. The second-order valence-electron chi connectivity index (χ2n) is 12.1. The third-order valence-corrected chi connectivity index (χ3v) is 8.31.